The van der Waals surface area contributed by atoms with E-state index < -0.39 is 0 Å². The Morgan fingerprint density at radius 3 is 3.00 bits per heavy atom. The van der Waals surface area contributed by atoms with Crippen molar-refractivity contribution in [2.45, 2.75) is 26.2 Å². The molecular formula is C10H14S. The molecule has 0 unspecified atom stereocenters. The number of rotatable bonds is 4. The third kappa shape index (κ3) is 3.38. The summed E-state index contributed by atoms with van der Waals surface area (Å²) in [6.07, 6.45) is 8.04. The van der Waals surface area contributed by atoms with E-state index >= 15 is 0 Å². The van der Waals surface area contributed by atoms with Gasteiger partial charge in [-0.3, -0.25) is 0 Å². The van der Waals surface area contributed by atoms with Crippen LogP contribution < -0.4 is 0 Å². The maximum atomic E-state index is 2.26. The van der Waals surface area contributed by atoms with Gasteiger partial charge >= 0.3 is 0 Å². The van der Waals surface area contributed by atoms with Crippen molar-refractivity contribution >= 4 is 11.3 Å². The second kappa shape index (κ2) is 5.14. The Hall–Kier alpha value is -0.560. The van der Waals surface area contributed by atoms with Gasteiger partial charge in [0, 0.05) is 4.88 Å². The van der Waals surface area contributed by atoms with Crippen molar-refractivity contribution in [1.82, 2.24) is 0 Å². The van der Waals surface area contributed by atoms with E-state index in [9.17, 15) is 0 Å². The van der Waals surface area contributed by atoms with Gasteiger partial charge in [0.05, 0.1) is 0 Å². The van der Waals surface area contributed by atoms with E-state index in [1.54, 1.807) is 0 Å². The molecule has 1 aromatic heterocycles. The summed E-state index contributed by atoms with van der Waals surface area (Å²) in [6, 6.07) is 4.31. The lowest BCUT2D eigenvalue weighted by atomic mass is 10.2. The van der Waals surface area contributed by atoms with Crippen LogP contribution in [0, 0.1) is 0 Å². The smallest absolute Gasteiger partial charge is 0.00482 e. The molecule has 0 aliphatic carbocycles. The molecule has 0 amide bonds. The van der Waals surface area contributed by atoms with Gasteiger partial charge in [-0.2, -0.15) is 0 Å². The molecular weight excluding hydrogens is 152 g/mol. The van der Waals surface area contributed by atoms with E-state index in [1.807, 2.05) is 11.3 Å². The van der Waals surface area contributed by atoms with Crippen LogP contribution in [0.2, 0.25) is 0 Å². The molecule has 0 bridgehead atoms. The van der Waals surface area contributed by atoms with Crippen LogP contribution in [-0.4, -0.2) is 0 Å². The van der Waals surface area contributed by atoms with Gasteiger partial charge < -0.3 is 0 Å². The molecule has 0 aliphatic rings. The van der Waals surface area contributed by atoms with Crippen LogP contribution in [0.1, 0.15) is 24.6 Å². The summed E-state index contributed by atoms with van der Waals surface area (Å²) in [5.74, 6) is 0. The van der Waals surface area contributed by atoms with E-state index in [2.05, 4.69) is 36.6 Å². The van der Waals surface area contributed by atoms with Crippen LogP contribution in [0.25, 0.3) is 0 Å². The quantitative estimate of drug-likeness (QED) is 0.599. The summed E-state index contributed by atoms with van der Waals surface area (Å²) in [5, 5.41) is 2.14. The molecule has 1 aromatic rings. The molecule has 0 N–H and O–H groups in total. The molecule has 0 atom stereocenters. The van der Waals surface area contributed by atoms with Crippen LogP contribution in [0.4, 0.5) is 0 Å². The molecule has 0 saturated carbocycles. The first kappa shape index (κ1) is 8.54. The standard InChI is InChI=1S/C10H14S/c1-2-3-4-5-7-10-8-6-9-11-10/h3-4,6,8-9H,2,5,7H2,1H3/b4-3-. The zero-order valence-corrected chi connectivity index (χ0v) is 7.73. The first-order chi connectivity index (χ1) is 5.43. The monoisotopic (exact) mass is 166 g/mol. The van der Waals surface area contributed by atoms with Crippen LogP contribution in [0.5, 0.6) is 0 Å². The summed E-state index contributed by atoms with van der Waals surface area (Å²) >= 11 is 1.85. The normalized spacial score (nSPS) is 11.0. The van der Waals surface area contributed by atoms with Crippen molar-refractivity contribution in [3.05, 3.63) is 34.5 Å². The van der Waals surface area contributed by atoms with E-state index in [1.165, 1.54) is 17.7 Å². The first-order valence-electron chi connectivity index (χ1n) is 4.11. The summed E-state index contributed by atoms with van der Waals surface area (Å²) in [5.41, 5.74) is 0. The largest absolute Gasteiger partial charge is 0.149 e. The first-order valence-corrected chi connectivity index (χ1v) is 4.99. The van der Waals surface area contributed by atoms with Crippen molar-refractivity contribution < 1.29 is 0 Å². The number of hydrogen-bond acceptors (Lipinski definition) is 1. The zero-order valence-electron chi connectivity index (χ0n) is 6.92. The van der Waals surface area contributed by atoms with Crippen LogP contribution in [-0.2, 0) is 6.42 Å². The molecule has 0 aliphatic heterocycles. The summed E-state index contributed by atoms with van der Waals surface area (Å²) in [7, 11) is 0. The molecule has 1 heteroatoms. The number of thiophene rings is 1. The third-order valence-corrected chi connectivity index (χ3v) is 2.48. The van der Waals surface area contributed by atoms with Gasteiger partial charge in [-0.05, 0) is 30.7 Å². The Morgan fingerprint density at radius 2 is 2.36 bits per heavy atom. The molecule has 0 nitrogen and oxygen atoms in total. The fourth-order valence-corrected chi connectivity index (χ4v) is 1.69. The minimum absolute atomic E-state index is 1.16. The molecule has 0 aromatic carbocycles. The summed E-state index contributed by atoms with van der Waals surface area (Å²) < 4.78 is 0. The molecule has 11 heavy (non-hydrogen) atoms. The SMILES string of the molecule is CC/C=C\CCc1cccs1. The molecule has 0 fully saturated rings. The lowest BCUT2D eigenvalue weighted by Crippen LogP contribution is -1.74. The predicted molar refractivity (Wildman–Crippen MR) is 52.1 cm³/mol. The molecule has 0 radical (unpaired) electrons. The van der Waals surface area contributed by atoms with Crippen LogP contribution in [0.15, 0.2) is 29.7 Å². The van der Waals surface area contributed by atoms with E-state index in [0.29, 0.717) is 0 Å². The van der Waals surface area contributed by atoms with Crippen molar-refractivity contribution in [3.8, 4) is 0 Å². The minimum Gasteiger partial charge on any atom is -0.149 e. The molecule has 1 rings (SSSR count). The van der Waals surface area contributed by atoms with Gasteiger partial charge in [0.15, 0.2) is 0 Å². The highest BCUT2D eigenvalue weighted by Gasteiger charge is 1.89. The number of allylic oxidation sites excluding steroid dienone is 2. The highest BCUT2D eigenvalue weighted by atomic mass is 32.1. The summed E-state index contributed by atoms with van der Waals surface area (Å²) in [6.45, 7) is 2.17. The van der Waals surface area contributed by atoms with Crippen LogP contribution >= 0.6 is 11.3 Å². The fraction of sp³-hybridized carbons (Fsp3) is 0.400. The highest BCUT2D eigenvalue weighted by molar-refractivity contribution is 7.09. The van der Waals surface area contributed by atoms with Gasteiger partial charge in [-0.1, -0.05) is 25.1 Å². The molecule has 1 heterocycles. The van der Waals surface area contributed by atoms with E-state index in [0.717, 1.165) is 6.42 Å². The van der Waals surface area contributed by atoms with Gasteiger partial charge in [0.1, 0.15) is 0 Å². The lowest BCUT2D eigenvalue weighted by molar-refractivity contribution is 1.02. The average molecular weight is 166 g/mol. The maximum Gasteiger partial charge on any atom is 0.00482 e. The highest BCUT2D eigenvalue weighted by Crippen LogP contribution is 2.10. The Balaban J connectivity index is 2.19. The topological polar surface area (TPSA) is 0 Å². The van der Waals surface area contributed by atoms with Crippen LogP contribution in [0.3, 0.4) is 0 Å². The maximum absolute atomic E-state index is 2.26. The molecule has 60 valence electrons. The Bertz CT molecular complexity index is 197. The predicted octanol–water partition coefficient (Wildman–Crippen LogP) is 3.65. The second-order valence-electron chi connectivity index (χ2n) is 2.50. The van der Waals surface area contributed by atoms with Crippen molar-refractivity contribution in [2.75, 3.05) is 0 Å². The summed E-state index contributed by atoms with van der Waals surface area (Å²) in [4.78, 5) is 1.49. The Morgan fingerprint density at radius 1 is 1.45 bits per heavy atom. The van der Waals surface area contributed by atoms with Gasteiger partial charge in [-0.15, -0.1) is 11.3 Å². The minimum atomic E-state index is 1.16. The molecule has 0 spiro atoms. The second-order valence-corrected chi connectivity index (χ2v) is 3.53. The molecule has 0 saturated heterocycles. The lowest BCUT2D eigenvalue weighted by Gasteiger charge is -1.89. The van der Waals surface area contributed by atoms with Crippen molar-refractivity contribution in [3.63, 3.8) is 0 Å². The Labute approximate surface area is 72.6 Å². The average Bonchev–Trinajstić information content (AvgIpc) is 2.50. The van der Waals surface area contributed by atoms with Crippen molar-refractivity contribution in [2.24, 2.45) is 0 Å². The van der Waals surface area contributed by atoms with Crippen molar-refractivity contribution in [1.29, 1.82) is 0 Å². The Kier molecular flexibility index (Phi) is 3.99. The zero-order chi connectivity index (χ0) is 7.94. The third-order valence-electron chi connectivity index (χ3n) is 1.54. The van der Waals surface area contributed by atoms with E-state index in [-0.39, 0.29) is 0 Å². The van der Waals surface area contributed by atoms with E-state index in [4.69, 9.17) is 0 Å². The fourth-order valence-electron chi connectivity index (χ4n) is 0.965. The van der Waals surface area contributed by atoms with Gasteiger partial charge in [0.2, 0.25) is 0 Å². The number of aryl methyl sites for hydroxylation is 1. The van der Waals surface area contributed by atoms with Gasteiger partial charge in [-0.25, -0.2) is 0 Å². The number of hydrogen-bond donors (Lipinski definition) is 0. The van der Waals surface area contributed by atoms with Gasteiger partial charge in [0.25, 0.3) is 0 Å².